The summed E-state index contributed by atoms with van der Waals surface area (Å²) >= 11 is 0. The fourth-order valence-corrected chi connectivity index (χ4v) is 3.64. The molecule has 0 aromatic heterocycles. The SMILES string of the molecule is C=CC(CC(N)=O)(Cc1ccccc1)C1CCCCC1. The summed E-state index contributed by atoms with van der Waals surface area (Å²) in [7, 11) is 0. The Morgan fingerprint density at radius 1 is 1.25 bits per heavy atom. The topological polar surface area (TPSA) is 43.1 Å². The summed E-state index contributed by atoms with van der Waals surface area (Å²) in [6, 6.07) is 10.4. The van der Waals surface area contributed by atoms with Crippen molar-refractivity contribution in [2.45, 2.75) is 44.9 Å². The van der Waals surface area contributed by atoms with Gasteiger partial charge in [0.05, 0.1) is 0 Å². The molecule has 2 rings (SSSR count). The largest absolute Gasteiger partial charge is 0.370 e. The second kappa shape index (κ2) is 6.74. The van der Waals surface area contributed by atoms with Crippen LogP contribution < -0.4 is 5.73 Å². The third kappa shape index (κ3) is 3.50. The molecular weight excluding hydrogens is 246 g/mol. The zero-order chi connectivity index (χ0) is 14.4. The van der Waals surface area contributed by atoms with Crippen molar-refractivity contribution in [2.75, 3.05) is 0 Å². The number of benzene rings is 1. The smallest absolute Gasteiger partial charge is 0.218 e. The van der Waals surface area contributed by atoms with Gasteiger partial charge in [0.25, 0.3) is 0 Å². The Morgan fingerprint density at radius 3 is 2.45 bits per heavy atom. The fraction of sp³-hybridized carbons (Fsp3) is 0.500. The number of allylic oxidation sites excluding steroid dienone is 1. The first kappa shape index (κ1) is 14.8. The Hall–Kier alpha value is -1.57. The van der Waals surface area contributed by atoms with E-state index in [1.165, 1.54) is 37.7 Å². The Labute approximate surface area is 122 Å². The predicted molar refractivity (Wildman–Crippen MR) is 83.2 cm³/mol. The average Bonchev–Trinajstić information content (AvgIpc) is 2.48. The molecule has 0 radical (unpaired) electrons. The molecule has 1 saturated carbocycles. The number of carbonyl (C=O) groups is 1. The maximum atomic E-state index is 11.6. The van der Waals surface area contributed by atoms with Crippen molar-refractivity contribution in [2.24, 2.45) is 17.1 Å². The third-order valence-corrected chi connectivity index (χ3v) is 4.70. The van der Waals surface area contributed by atoms with E-state index in [1.54, 1.807) is 0 Å². The maximum Gasteiger partial charge on any atom is 0.218 e. The molecule has 1 unspecified atom stereocenters. The van der Waals surface area contributed by atoms with Crippen LogP contribution in [0.4, 0.5) is 0 Å². The fourth-order valence-electron chi connectivity index (χ4n) is 3.64. The van der Waals surface area contributed by atoms with Gasteiger partial charge in [0.15, 0.2) is 0 Å². The second-order valence-electron chi connectivity index (χ2n) is 6.08. The molecule has 1 fully saturated rings. The van der Waals surface area contributed by atoms with E-state index in [2.05, 4.69) is 18.7 Å². The van der Waals surface area contributed by atoms with E-state index < -0.39 is 0 Å². The maximum absolute atomic E-state index is 11.6. The minimum Gasteiger partial charge on any atom is -0.370 e. The van der Waals surface area contributed by atoms with E-state index in [9.17, 15) is 4.79 Å². The van der Waals surface area contributed by atoms with Crippen LogP contribution in [0.3, 0.4) is 0 Å². The summed E-state index contributed by atoms with van der Waals surface area (Å²) in [5.74, 6) is 0.313. The zero-order valence-electron chi connectivity index (χ0n) is 12.2. The minimum atomic E-state index is -0.216. The lowest BCUT2D eigenvalue weighted by Crippen LogP contribution is -2.36. The molecule has 1 aromatic carbocycles. The molecular formula is C18H25NO. The zero-order valence-corrected chi connectivity index (χ0v) is 12.2. The number of carbonyl (C=O) groups excluding carboxylic acids is 1. The molecule has 2 heteroatoms. The number of rotatable bonds is 6. The summed E-state index contributed by atoms with van der Waals surface area (Å²) < 4.78 is 0. The first-order chi connectivity index (χ1) is 9.66. The summed E-state index contributed by atoms with van der Waals surface area (Å²) in [5, 5.41) is 0. The van der Waals surface area contributed by atoms with Crippen LogP contribution in [0.1, 0.15) is 44.1 Å². The van der Waals surface area contributed by atoms with Gasteiger partial charge in [-0.15, -0.1) is 6.58 Å². The molecule has 0 aliphatic heterocycles. The van der Waals surface area contributed by atoms with Crippen LogP contribution in [0.2, 0.25) is 0 Å². The lowest BCUT2D eigenvalue weighted by molar-refractivity contribution is -0.120. The van der Waals surface area contributed by atoms with Crippen LogP contribution in [0.15, 0.2) is 43.0 Å². The van der Waals surface area contributed by atoms with E-state index >= 15 is 0 Å². The molecule has 1 amide bonds. The van der Waals surface area contributed by atoms with Crippen LogP contribution >= 0.6 is 0 Å². The lowest BCUT2D eigenvalue weighted by Gasteiger charge is -2.40. The van der Waals surface area contributed by atoms with E-state index in [0.29, 0.717) is 12.3 Å². The van der Waals surface area contributed by atoms with Gasteiger partial charge in [-0.1, -0.05) is 55.7 Å². The Bertz CT molecular complexity index is 448. The van der Waals surface area contributed by atoms with Gasteiger partial charge in [-0.05, 0) is 30.7 Å². The number of hydrogen-bond acceptors (Lipinski definition) is 1. The normalized spacial score (nSPS) is 19.2. The standard InChI is InChI=1S/C18H25NO/c1-2-18(14-17(19)20,16-11-7-4-8-12-16)13-15-9-5-3-6-10-15/h2-3,5-6,9-10,16H,1,4,7-8,11-14H2,(H2,19,20). The number of nitrogens with two attached hydrogens (primary N) is 1. The van der Waals surface area contributed by atoms with Gasteiger partial charge in [-0.3, -0.25) is 4.79 Å². The van der Waals surface area contributed by atoms with E-state index in [0.717, 1.165) is 6.42 Å². The highest BCUT2D eigenvalue weighted by molar-refractivity contribution is 5.75. The van der Waals surface area contributed by atoms with Crippen molar-refractivity contribution in [3.05, 3.63) is 48.6 Å². The molecule has 1 aliphatic rings. The van der Waals surface area contributed by atoms with Crippen LogP contribution in [-0.4, -0.2) is 5.91 Å². The first-order valence-corrected chi connectivity index (χ1v) is 7.62. The molecule has 1 aromatic rings. The molecule has 1 atom stereocenters. The Morgan fingerprint density at radius 2 is 1.90 bits per heavy atom. The summed E-state index contributed by atoms with van der Waals surface area (Å²) in [4.78, 5) is 11.6. The first-order valence-electron chi connectivity index (χ1n) is 7.62. The van der Waals surface area contributed by atoms with Gasteiger partial charge < -0.3 is 5.73 Å². The summed E-state index contributed by atoms with van der Waals surface area (Å²) in [5.41, 5.74) is 6.62. The van der Waals surface area contributed by atoms with Crippen LogP contribution in [0, 0.1) is 11.3 Å². The van der Waals surface area contributed by atoms with Crippen molar-refractivity contribution in [3.8, 4) is 0 Å². The highest BCUT2D eigenvalue weighted by Crippen LogP contribution is 2.44. The van der Waals surface area contributed by atoms with Crippen molar-refractivity contribution in [1.82, 2.24) is 0 Å². The van der Waals surface area contributed by atoms with Crippen LogP contribution in [-0.2, 0) is 11.2 Å². The third-order valence-electron chi connectivity index (χ3n) is 4.70. The van der Waals surface area contributed by atoms with Gasteiger partial charge in [-0.25, -0.2) is 0 Å². The van der Waals surface area contributed by atoms with Gasteiger partial charge in [0.1, 0.15) is 0 Å². The number of primary amides is 1. The molecule has 20 heavy (non-hydrogen) atoms. The molecule has 1 aliphatic carbocycles. The summed E-state index contributed by atoms with van der Waals surface area (Å²) in [6.07, 6.45) is 9.48. The molecule has 0 saturated heterocycles. The molecule has 2 N–H and O–H groups in total. The van der Waals surface area contributed by atoms with E-state index in [4.69, 9.17) is 5.73 Å². The van der Waals surface area contributed by atoms with Gasteiger partial charge in [-0.2, -0.15) is 0 Å². The van der Waals surface area contributed by atoms with E-state index in [1.807, 2.05) is 24.3 Å². The number of amides is 1. The second-order valence-corrected chi connectivity index (χ2v) is 6.08. The van der Waals surface area contributed by atoms with Gasteiger partial charge >= 0.3 is 0 Å². The highest BCUT2D eigenvalue weighted by atomic mass is 16.1. The van der Waals surface area contributed by atoms with Gasteiger partial charge in [0.2, 0.25) is 5.91 Å². The predicted octanol–water partition coefficient (Wildman–Crippen LogP) is 3.86. The Kier molecular flexibility index (Phi) is 4.99. The average molecular weight is 271 g/mol. The minimum absolute atomic E-state index is 0.173. The number of hydrogen-bond donors (Lipinski definition) is 1. The van der Waals surface area contributed by atoms with Crippen LogP contribution in [0.25, 0.3) is 0 Å². The monoisotopic (exact) mass is 271 g/mol. The van der Waals surface area contributed by atoms with E-state index in [-0.39, 0.29) is 11.3 Å². The molecule has 108 valence electrons. The highest BCUT2D eigenvalue weighted by Gasteiger charge is 2.38. The van der Waals surface area contributed by atoms with Gasteiger partial charge in [0, 0.05) is 11.8 Å². The molecule has 0 spiro atoms. The van der Waals surface area contributed by atoms with Crippen molar-refractivity contribution in [3.63, 3.8) is 0 Å². The molecule has 2 nitrogen and oxygen atoms in total. The molecule has 0 bridgehead atoms. The van der Waals surface area contributed by atoms with Crippen LogP contribution in [0.5, 0.6) is 0 Å². The lowest BCUT2D eigenvalue weighted by atomic mass is 9.64. The van der Waals surface area contributed by atoms with Crippen molar-refractivity contribution in [1.29, 1.82) is 0 Å². The Balaban J connectivity index is 2.25. The van der Waals surface area contributed by atoms with Crippen molar-refractivity contribution >= 4 is 5.91 Å². The summed E-state index contributed by atoms with van der Waals surface area (Å²) in [6.45, 7) is 4.05. The quantitative estimate of drug-likeness (QED) is 0.784. The van der Waals surface area contributed by atoms with Crippen molar-refractivity contribution < 1.29 is 4.79 Å². The molecule has 0 heterocycles.